The summed E-state index contributed by atoms with van der Waals surface area (Å²) in [5.41, 5.74) is 1.82. The predicted molar refractivity (Wildman–Crippen MR) is 80.8 cm³/mol. The van der Waals surface area contributed by atoms with Crippen molar-refractivity contribution in [3.8, 4) is 0 Å². The van der Waals surface area contributed by atoms with E-state index >= 15 is 0 Å². The van der Waals surface area contributed by atoms with E-state index in [4.69, 9.17) is 0 Å². The van der Waals surface area contributed by atoms with Crippen LogP contribution < -0.4 is 4.72 Å². The van der Waals surface area contributed by atoms with E-state index in [0.29, 0.717) is 11.3 Å². The van der Waals surface area contributed by atoms with Gasteiger partial charge in [0, 0.05) is 10.2 Å². The summed E-state index contributed by atoms with van der Waals surface area (Å²) in [6, 6.07) is 8.94. The highest BCUT2D eigenvalue weighted by Gasteiger charge is 2.16. The summed E-state index contributed by atoms with van der Waals surface area (Å²) in [7, 11) is -3.79. The molecule has 0 aliphatic rings. The van der Waals surface area contributed by atoms with Crippen molar-refractivity contribution in [1.29, 1.82) is 0 Å². The van der Waals surface area contributed by atoms with Gasteiger partial charge in [-0.2, -0.15) is 0 Å². The average molecular weight is 358 g/mol. The molecule has 20 heavy (non-hydrogen) atoms. The second-order valence-electron chi connectivity index (χ2n) is 4.48. The smallest absolute Gasteiger partial charge is 0.261 e. The molecule has 106 valence electrons. The summed E-state index contributed by atoms with van der Waals surface area (Å²) >= 11 is 3.34. The summed E-state index contributed by atoms with van der Waals surface area (Å²) in [4.78, 5) is -0.0997. The van der Waals surface area contributed by atoms with E-state index in [2.05, 4.69) is 20.7 Å². The molecule has 0 unspecified atom stereocenters. The first-order chi connectivity index (χ1) is 9.29. The number of aryl methyl sites for hydroxylation is 2. The van der Waals surface area contributed by atoms with Crippen molar-refractivity contribution in [2.24, 2.45) is 0 Å². The van der Waals surface area contributed by atoms with Crippen molar-refractivity contribution in [3.05, 3.63) is 57.8 Å². The first kappa shape index (κ1) is 15.0. The monoisotopic (exact) mass is 357 g/mol. The SMILES string of the molecule is Cc1ccc(S(=O)(=O)Nc2ccc(C)c(Br)c2)cc1F. The number of hydrogen-bond donors (Lipinski definition) is 1. The van der Waals surface area contributed by atoms with E-state index in [-0.39, 0.29) is 4.90 Å². The molecule has 2 aromatic carbocycles. The van der Waals surface area contributed by atoms with Crippen LogP contribution in [0.4, 0.5) is 10.1 Å². The Morgan fingerprint density at radius 3 is 2.30 bits per heavy atom. The lowest BCUT2D eigenvalue weighted by Gasteiger charge is -2.10. The van der Waals surface area contributed by atoms with E-state index in [0.717, 1.165) is 16.1 Å². The van der Waals surface area contributed by atoms with Crippen molar-refractivity contribution in [2.75, 3.05) is 4.72 Å². The Hall–Kier alpha value is -1.40. The van der Waals surface area contributed by atoms with Gasteiger partial charge in [0.25, 0.3) is 10.0 Å². The number of hydrogen-bond acceptors (Lipinski definition) is 2. The summed E-state index contributed by atoms with van der Waals surface area (Å²) in [6.45, 7) is 3.48. The zero-order chi connectivity index (χ0) is 14.9. The van der Waals surface area contributed by atoms with Crippen molar-refractivity contribution >= 4 is 31.6 Å². The van der Waals surface area contributed by atoms with E-state index in [1.54, 1.807) is 25.1 Å². The fourth-order valence-electron chi connectivity index (χ4n) is 1.61. The Labute approximate surface area is 126 Å². The lowest BCUT2D eigenvalue weighted by molar-refractivity contribution is 0.593. The number of anilines is 1. The molecule has 0 bridgehead atoms. The normalized spacial score (nSPS) is 11.4. The molecule has 0 saturated carbocycles. The van der Waals surface area contributed by atoms with Crippen molar-refractivity contribution < 1.29 is 12.8 Å². The lowest BCUT2D eigenvalue weighted by atomic mass is 10.2. The van der Waals surface area contributed by atoms with Gasteiger partial charge in [-0.15, -0.1) is 0 Å². The molecule has 0 aromatic heterocycles. The molecule has 0 saturated heterocycles. The van der Waals surface area contributed by atoms with Crippen LogP contribution in [-0.2, 0) is 10.0 Å². The Kier molecular flexibility index (Phi) is 4.15. The number of rotatable bonds is 3. The molecule has 0 amide bonds. The summed E-state index contributed by atoms with van der Waals surface area (Å²) in [5.74, 6) is -0.544. The third kappa shape index (κ3) is 3.19. The molecule has 0 spiro atoms. The van der Waals surface area contributed by atoms with Gasteiger partial charge < -0.3 is 0 Å². The molecule has 2 aromatic rings. The van der Waals surface area contributed by atoms with E-state index in [1.165, 1.54) is 12.1 Å². The Morgan fingerprint density at radius 2 is 1.70 bits per heavy atom. The van der Waals surface area contributed by atoms with Gasteiger partial charge in [0.15, 0.2) is 0 Å². The Bertz CT molecular complexity index is 760. The third-order valence-electron chi connectivity index (χ3n) is 2.88. The maximum absolute atomic E-state index is 13.5. The highest BCUT2D eigenvalue weighted by molar-refractivity contribution is 9.10. The van der Waals surface area contributed by atoms with Crippen molar-refractivity contribution in [2.45, 2.75) is 18.7 Å². The van der Waals surface area contributed by atoms with Crippen LogP contribution in [-0.4, -0.2) is 8.42 Å². The highest BCUT2D eigenvalue weighted by Crippen LogP contribution is 2.23. The zero-order valence-electron chi connectivity index (χ0n) is 10.9. The van der Waals surface area contributed by atoms with Crippen LogP contribution in [0.3, 0.4) is 0 Å². The fraction of sp³-hybridized carbons (Fsp3) is 0.143. The minimum atomic E-state index is -3.79. The Balaban J connectivity index is 2.35. The third-order valence-corrected chi connectivity index (χ3v) is 5.11. The average Bonchev–Trinajstić information content (AvgIpc) is 2.37. The van der Waals surface area contributed by atoms with Crippen molar-refractivity contribution in [1.82, 2.24) is 0 Å². The van der Waals surface area contributed by atoms with Crippen LogP contribution in [0.2, 0.25) is 0 Å². The van der Waals surface area contributed by atoms with Gasteiger partial charge in [-0.3, -0.25) is 4.72 Å². The second kappa shape index (κ2) is 5.54. The Morgan fingerprint density at radius 1 is 1.05 bits per heavy atom. The fourth-order valence-corrected chi connectivity index (χ4v) is 3.05. The largest absolute Gasteiger partial charge is 0.280 e. The molecule has 0 aliphatic heterocycles. The first-order valence-corrected chi connectivity index (χ1v) is 8.12. The minimum Gasteiger partial charge on any atom is -0.280 e. The summed E-state index contributed by atoms with van der Waals surface area (Å²) in [5, 5.41) is 0. The van der Waals surface area contributed by atoms with Gasteiger partial charge in [-0.05, 0) is 49.2 Å². The molecule has 0 radical (unpaired) electrons. The van der Waals surface area contributed by atoms with Gasteiger partial charge in [0.1, 0.15) is 5.82 Å². The first-order valence-electron chi connectivity index (χ1n) is 5.85. The van der Waals surface area contributed by atoms with Crippen LogP contribution in [0.5, 0.6) is 0 Å². The maximum atomic E-state index is 13.5. The van der Waals surface area contributed by atoms with Crippen LogP contribution in [0.15, 0.2) is 45.8 Å². The van der Waals surface area contributed by atoms with Crippen LogP contribution in [0.25, 0.3) is 0 Å². The molecule has 0 fully saturated rings. The maximum Gasteiger partial charge on any atom is 0.261 e. The highest BCUT2D eigenvalue weighted by atomic mass is 79.9. The summed E-state index contributed by atoms with van der Waals surface area (Å²) < 4.78 is 41.0. The molecule has 3 nitrogen and oxygen atoms in total. The summed E-state index contributed by atoms with van der Waals surface area (Å²) in [6.07, 6.45) is 0. The topological polar surface area (TPSA) is 46.2 Å². The predicted octanol–water partition coefficient (Wildman–Crippen LogP) is 4.01. The number of halogens is 2. The number of sulfonamides is 1. The molecule has 2 rings (SSSR count). The van der Waals surface area contributed by atoms with Gasteiger partial charge in [0.05, 0.1) is 4.90 Å². The van der Waals surface area contributed by atoms with Gasteiger partial charge in [-0.1, -0.05) is 28.1 Å². The molecular weight excluding hydrogens is 345 g/mol. The van der Waals surface area contributed by atoms with E-state index < -0.39 is 15.8 Å². The van der Waals surface area contributed by atoms with Crippen LogP contribution in [0, 0.1) is 19.7 Å². The molecule has 0 heterocycles. The minimum absolute atomic E-state index is 0.0997. The molecular formula is C14H13BrFNO2S. The molecule has 0 atom stereocenters. The van der Waals surface area contributed by atoms with E-state index in [1.807, 2.05) is 6.92 Å². The second-order valence-corrected chi connectivity index (χ2v) is 7.02. The molecule has 1 N–H and O–H groups in total. The van der Waals surface area contributed by atoms with Crippen LogP contribution >= 0.6 is 15.9 Å². The zero-order valence-corrected chi connectivity index (χ0v) is 13.3. The van der Waals surface area contributed by atoms with Gasteiger partial charge in [-0.25, -0.2) is 12.8 Å². The lowest BCUT2D eigenvalue weighted by Crippen LogP contribution is -2.13. The quantitative estimate of drug-likeness (QED) is 0.901. The standard InChI is InChI=1S/C14H13BrFNO2S/c1-9-3-5-11(7-13(9)15)17-20(18,19)12-6-4-10(2)14(16)8-12/h3-8,17H,1-2H3. The van der Waals surface area contributed by atoms with Crippen molar-refractivity contribution in [3.63, 3.8) is 0 Å². The van der Waals surface area contributed by atoms with E-state index in [9.17, 15) is 12.8 Å². The van der Waals surface area contributed by atoms with Gasteiger partial charge in [0.2, 0.25) is 0 Å². The van der Waals surface area contributed by atoms with Crippen LogP contribution in [0.1, 0.15) is 11.1 Å². The molecule has 0 aliphatic carbocycles. The van der Waals surface area contributed by atoms with Gasteiger partial charge >= 0.3 is 0 Å². The molecule has 6 heteroatoms. The number of nitrogens with one attached hydrogen (secondary N) is 1. The number of benzene rings is 2.